The van der Waals surface area contributed by atoms with Gasteiger partial charge in [-0.05, 0) is 48.9 Å². The van der Waals surface area contributed by atoms with Crippen LogP contribution in [0.3, 0.4) is 0 Å². The molecule has 0 saturated carbocycles. The number of benzene rings is 2. The van der Waals surface area contributed by atoms with Crippen LogP contribution in [0.5, 0.6) is 0 Å². The zero-order valence-corrected chi connectivity index (χ0v) is 20.0. The number of fused-ring (bicyclic) bond motifs is 1. The van der Waals surface area contributed by atoms with Gasteiger partial charge in [0.2, 0.25) is 15.0 Å². The Morgan fingerprint density at radius 1 is 1.03 bits per heavy atom. The van der Waals surface area contributed by atoms with E-state index in [0.717, 1.165) is 27.0 Å². The highest BCUT2D eigenvalue weighted by atomic mass is 32.2. The van der Waals surface area contributed by atoms with E-state index in [-0.39, 0.29) is 22.0 Å². The van der Waals surface area contributed by atoms with Gasteiger partial charge in [0.25, 0.3) is 11.1 Å². The van der Waals surface area contributed by atoms with Crippen molar-refractivity contribution in [2.75, 3.05) is 0 Å². The van der Waals surface area contributed by atoms with Gasteiger partial charge in [-0.1, -0.05) is 41.2 Å². The van der Waals surface area contributed by atoms with Crippen molar-refractivity contribution in [1.82, 2.24) is 14.6 Å². The minimum Gasteiger partial charge on any atom is -0.457 e. The molecule has 0 bridgehead atoms. The molecule has 5 aromatic rings. The lowest BCUT2D eigenvalue weighted by atomic mass is 10.1. The predicted molar refractivity (Wildman–Crippen MR) is 132 cm³/mol. The van der Waals surface area contributed by atoms with Crippen LogP contribution in [0.4, 0.5) is 0 Å². The molecule has 3 heterocycles. The second-order valence-corrected chi connectivity index (χ2v) is 10.5. The maximum atomic E-state index is 12.9. The highest BCUT2D eigenvalue weighted by Crippen LogP contribution is 2.23. The third kappa shape index (κ3) is 4.69. The monoisotopic (exact) mass is 506 g/mol. The number of furan rings is 1. The summed E-state index contributed by atoms with van der Waals surface area (Å²) < 4.78 is 30.1. The van der Waals surface area contributed by atoms with Gasteiger partial charge in [-0.3, -0.25) is 9.59 Å². The van der Waals surface area contributed by atoms with Crippen LogP contribution in [-0.2, 0) is 16.4 Å². The van der Waals surface area contributed by atoms with Crippen molar-refractivity contribution in [3.63, 3.8) is 0 Å². The second-order valence-electron chi connectivity index (χ2n) is 7.91. The molecule has 0 aliphatic heterocycles. The highest BCUT2D eigenvalue weighted by molar-refractivity contribution is 7.89. The second kappa shape index (κ2) is 8.69. The molecule has 0 saturated heterocycles. The van der Waals surface area contributed by atoms with Gasteiger partial charge in [0.05, 0.1) is 4.90 Å². The minimum absolute atomic E-state index is 0.00243. The number of aryl methyl sites for hydroxylation is 1. The van der Waals surface area contributed by atoms with Crippen LogP contribution in [-0.4, -0.2) is 23.0 Å². The average Bonchev–Trinajstić information content (AvgIpc) is 3.40. The summed E-state index contributed by atoms with van der Waals surface area (Å²) in [4.78, 5) is 29.6. The van der Waals surface area contributed by atoms with E-state index in [4.69, 9.17) is 9.56 Å². The largest absolute Gasteiger partial charge is 0.457 e. The summed E-state index contributed by atoms with van der Waals surface area (Å²) in [5.41, 5.74) is 1.96. The maximum absolute atomic E-state index is 12.9. The Balaban J connectivity index is 1.48. The van der Waals surface area contributed by atoms with Crippen LogP contribution in [0.1, 0.15) is 22.6 Å². The van der Waals surface area contributed by atoms with Crippen LogP contribution in [0, 0.1) is 6.92 Å². The van der Waals surface area contributed by atoms with Gasteiger partial charge >= 0.3 is 0 Å². The number of sulfonamides is 1. The van der Waals surface area contributed by atoms with Crippen LogP contribution in [0.15, 0.2) is 79.6 Å². The molecule has 0 spiro atoms. The van der Waals surface area contributed by atoms with E-state index in [1.54, 1.807) is 30.3 Å². The van der Waals surface area contributed by atoms with Gasteiger partial charge in [0.15, 0.2) is 0 Å². The molecule has 3 aromatic heterocycles. The van der Waals surface area contributed by atoms with E-state index in [1.165, 1.54) is 12.1 Å². The van der Waals surface area contributed by atoms with Crippen LogP contribution in [0.2, 0.25) is 0 Å². The van der Waals surface area contributed by atoms with Crippen molar-refractivity contribution in [2.45, 2.75) is 18.2 Å². The van der Waals surface area contributed by atoms with Crippen LogP contribution >= 0.6 is 11.3 Å². The number of thiazole rings is 1. The fourth-order valence-electron chi connectivity index (χ4n) is 3.47. The Morgan fingerprint density at radius 2 is 1.74 bits per heavy atom. The Labute approximate surface area is 202 Å². The lowest BCUT2D eigenvalue weighted by molar-refractivity contribution is 0.571. The van der Waals surface area contributed by atoms with E-state index in [2.05, 4.69) is 10.1 Å². The van der Waals surface area contributed by atoms with E-state index in [1.807, 2.05) is 31.2 Å². The van der Waals surface area contributed by atoms with Gasteiger partial charge in [0.1, 0.15) is 21.7 Å². The summed E-state index contributed by atoms with van der Waals surface area (Å²) in [7, 11) is -3.79. The molecule has 176 valence electrons. The summed E-state index contributed by atoms with van der Waals surface area (Å²) in [6.07, 6.45) is 1.82. The molecule has 2 aromatic carbocycles. The summed E-state index contributed by atoms with van der Waals surface area (Å²) in [5, 5.41) is 9.39. The fraction of sp³-hybridized carbons (Fsp3) is 0.0833. The van der Waals surface area contributed by atoms with Crippen molar-refractivity contribution in [2.24, 2.45) is 5.14 Å². The van der Waals surface area contributed by atoms with Gasteiger partial charge < -0.3 is 4.42 Å². The smallest absolute Gasteiger partial charge is 0.296 e. The van der Waals surface area contributed by atoms with Crippen molar-refractivity contribution in [3.8, 4) is 11.3 Å². The first-order valence-electron chi connectivity index (χ1n) is 10.4. The number of primary sulfonamides is 1. The average molecular weight is 507 g/mol. The van der Waals surface area contributed by atoms with Crippen LogP contribution < -0.4 is 20.8 Å². The molecule has 2 N–H and O–H groups in total. The van der Waals surface area contributed by atoms with E-state index in [9.17, 15) is 18.0 Å². The molecule has 9 nitrogen and oxygen atoms in total. The Kier molecular flexibility index (Phi) is 5.67. The Morgan fingerprint density at radius 3 is 2.43 bits per heavy atom. The number of hydrogen-bond donors (Lipinski definition) is 1. The molecular formula is C24H18N4O5S2. The third-order valence-corrected chi connectivity index (χ3v) is 7.20. The molecule has 11 heteroatoms. The number of nitrogens with two attached hydrogens (primary N) is 1. The number of aromatic nitrogens is 3. The molecule has 0 aliphatic rings. The van der Waals surface area contributed by atoms with Crippen molar-refractivity contribution < 1.29 is 12.8 Å². The highest BCUT2D eigenvalue weighted by Gasteiger charge is 2.13. The number of rotatable bonds is 5. The van der Waals surface area contributed by atoms with Crippen molar-refractivity contribution in [3.05, 3.63) is 108 Å². The maximum Gasteiger partial charge on any atom is 0.296 e. The Bertz CT molecular complexity index is 1840. The van der Waals surface area contributed by atoms with Gasteiger partial charge in [-0.25, -0.2) is 13.6 Å². The molecule has 0 unspecified atom stereocenters. The van der Waals surface area contributed by atoms with Crippen molar-refractivity contribution >= 4 is 32.4 Å². The first-order valence-corrected chi connectivity index (χ1v) is 12.8. The van der Waals surface area contributed by atoms with E-state index in [0.29, 0.717) is 21.6 Å². The van der Waals surface area contributed by atoms with Crippen LogP contribution in [0.25, 0.3) is 22.4 Å². The van der Waals surface area contributed by atoms with Gasteiger partial charge in [-0.15, -0.1) is 0 Å². The molecular weight excluding hydrogens is 488 g/mol. The summed E-state index contributed by atoms with van der Waals surface area (Å²) >= 11 is 1.04. The topological polar surface area (TPSA) is 138 Å². The van der Waals surface area contributed by atoms with E-state index >= 15 is 0 Å². The standard InChI is InChI=1S/C24H18N4O5S2/c1-14-2-4-15(5-3-14)12-19-22(29)26-24-28(27-19)23(30)21(34-24)13-17-8-11-20(33-17)16-6-9-18(10-7-16)35(25,31)32/h2-11,13H,12H2,1H3,(H2,25,31,32). The van der Waals surface area contributed by atoms with Gasteiger partial charge in [-0.2, -0.15) is 14.6 Å². The van der Waals surface area contributed by atoms with Crippen molar-refractivity contribution in [1.29, 1.82) is 0 Å². The molecule has 0 aliphatic carbocycles. The van der Waals surface area contributed by atoms with E-state index < -0.39 is 21.1 Å². The first kappa shape index (κ1) is 22.8. The number of nitrogens with zero attached hydrogens (tertiary/aromatic N) is 3. The fourth-order valence-corrected chi connectivity index (χ4v) is 4.87. The zero-order chi connectivity index (χ0) is 24.7. The quantitative estimate of drug-likeness (QED) is 0.384. The molecule has 0 radical (unpaired) electrons. The molecule has 0 fully saturated rings. The molecule has 5 rings (SSSR count). The Hall–Kier alpha value is -3.93. The summed E-state index contributed by atoms with van der Waals surface area (Å²) in [5.74, 6) is 0.888. The molecule has 0 atom stereocenters. The lowest BCUT2D eigenvalue weighted by Gasteiger charge is -2.01. The lowest BCUT2D eigenvalue weighted by Crippen LogP contribution is -2.28. The summed E-state index contributed by atoms with van der Waals surface area (Å²) in [6.45, 7) is 1.98. The SMILES string of the molecule is Cc1ccc(Cc2nn3c(=O)c(=Cc4ccc(-c5ccc(S(N)(=O)=O)cc5)o4)sc3nc2=O)cc1. The number of hydrogen-bond acceptors (Lipinski definition) is 8. The minimum atomic E-state index is -3.79. The molecule has 0 amide bonds. The zero-order valence-electron chi connectivity index (χ0n) is 18.3. The predicted octanol–water partition coefficient (Wildman–Crippen LogP) is 1.87. The summed E-state index contributed by atoms with van der Waals surface area (Å²) in [6, 6.07) is 17.0. The normalized spacial score (nSPS) is 12.5. The third-order valence-electron chi connectivity index (χ3n) is 5.31. The first-order chi connectivity index (χ1) is 16.7. The molecule has 35 heavy (non-hydrogen) atoms. The van der Waals surface area contributed by atoms with Gasteiger partial charge in [0, 0.05) is 18.1 Å².